The zero-order valence-corrected chi connectivity index (χ0v) is 23.9. The predicted octanol–water partition coefficient (Wildman–Crippen LogP) is 2.35. The van der Waals surface area contributed by atoms with E-state index < -0.39 is 14.2 Å². The molecule has 0 aliphatic carbocycles. The first-order valence-corrected chi connectivity index (χ1v) is 13.8. The summed E-state index contributed by atoms with van der Waals surface area (Å²) in [6, 6.07) is 31.8. The van der Waals surface area contributed by atoms with Crippen LogP contribution in [0.3, 0.4) is 0 Å². The smallest absolute Gasteiger partial charge is 0.457 e. The van der Waals surface area contributed by atoms with Crippen molar-refractivity contribution in [2.75, 3.05) is 0 Å². The highest BCUT2D eigenvalue weighted by atomic mass is 16.4. The van der Waals surface area contributed by atoms with Crippen LogP contribution >= 0.6 is 0 Å². The Balaban J connectivity index is 0.000000184. The molecule has 0 heterocycles. The minimum Gasteiger partial charge on any atom is -0.457 e. The molecule has 0 bridgehead atoms. The van der Waals surface area contributed by atoms with E-state index in [1.807, 2.05) is 0 Å². The summed E-state index contributed by atoms with van der Waals surface area (Å²) in [5.41, 5.74) is 3.72. The minimum absolute atomic E-state index is 0. The lowest BCUT2D eigenvalue weighted by Crippen LogP contribution is -2.37. The molecule has 0 amide bonds. The van der Waals surface area contributed by atoms with E-state index in [-0.39, 0.29) is 5.48 Å². The highest BCUT2D eigenvalue weighted by molar-refractivity contribution is 6.80. The van der Waals surface area contributed by atoms with Gasteiger partial charge in [0.2, 0.25) is 0 Å². The standard InChI is InChI=1S/C18H20B2.C14H12B2O4.H2O/c1-19(2)17-13-9-5-7-11-15(13)18(20(3)4)16-12-8-6-10-14(16)17;17-15(18)13-9-5-1-2-6-10(9)14(16(19)20)12-8-4-3-7-11(12)13;/h5-12H,1-4H3;1-8,17-20H;1H2/p+1. The van der Waals surface area contributed by atoms with E-state index in [9.17, 15) is 20.1 Å². The summed E-state index contributed by atoms with van der Waals surface area (Å²) in [6.45, 7) is 10.2. The van der Waals surface area contributed by atoms with E-state index in [1.54, 1.807) is 48.5 Å². The highest BCUT2D eigenvalue weighted by Crippen LogP contribution is 2.22. The number of benzene rings is 6. The van der Waals surface area contributed by atoms with Gasteiger partial charge in [-0.3, -0.25) is 0 Å². The Labute approximate surface area is 242 Å². The largest absolute Gasteiger partial charge is 0.489 e. The SMILES string of the molecule is CB(C)c1c2ccccc2c(B(C)C)c2ccccc12.OB(O)c1c2ccccc2c(B(O)O)c2ccccc12.[OH3+]. The fraction of sp³-hybridized carbons (Fsp3) is 0.125. The Bertz CT molecular complexity index is 1460. The van der Waals surface area contributed by atoms with Gasteiger partial charge in [0.15, 0.2) is 13.4 Å². The number of rotatable bonds is 4. The van der Waals surface area contributed by atoms with Crippen LogP contribution in [0.5, 0.6) is 0 Å². The third kappa shape index (κ3) is 5.52. The lowest BCUT2D eigenvalue weighted by atomic mass is 9.44. The number of hydrogen-bond acceptors (Lipinski definition) is 4. The van der Waals surface area contributed by atoms with Crippen LogP contribution in [0.4, 0.5) is 0 Å². The Kier molecular flexibility index (Phi) is 9.27. The average molecular weight is 543 g/mol. The van der Waals surface area contributed by atoms with Crippen molar-refractivity contribution in [2.45, 2.75) is 27.3 Å². The van der Waals surface area contributed by atoms with Gasteiger partial charge in [-0.25, -0.2) is 0 Å². The molecule has 204 valence electrons. The van der Waals surface area contributed by atoms with Gasteiger partial charge in [-0.2, -0.15) is 0 Å². The van der Waals surface area contributed by atoms with E-state index >= 15 is 0 Å². The van der Waals surface area contributed by atoms with E-state index in [4.69, 9.17) is 0 Å². The van der Waals surface area contributed by atoms with E-state index in [0.29, 0.717) is 45.9 Å². The third-order valence-corrected chi connectivity index (χ3v) is 7.70. The molecule has 0 fully saturated rings. The second kappa shape index (κ2) is 12.5. The molecule has 0 aliphatic rings. The summed E-state index contributed by atoms with van der Waals surface area (Å²) < 4.78 is 0. The molecular weight excluding hydrogens is 508 g/mol. The van der Waals surface area contributed by atoms with Crippen molar-refractivity contribution in [3.63, 3.8) is 0 Å². The molecule has 0 atom stereocenters. The molecule has 9 heteroatoms. The van der Waals surface area contributed by atoms with Crippen LogP contribution in [0.2, 0.25) is 27.3 Å². The Hall–Kier alpha value is -3.58. The summed E-state index contributed by atoms with van der Waals surface area (Å²) in [6.07, 6.45) is 0. The monoisotopic (exact) mass is 543 g/mol. The first-order chi connectivity index (χ1) is 19.2. The molecule has 0 aromatic heterocycles. The lowest BCUT2D eigenvalue weighted by Gasteiger charge is -2.19. The summed E-state index contributed by atoms with van der Waals surface area (Å²) in [4.78, 5) is 0. The van der Waals surface area contributed by atoms with Crippen molar-refractivity contribution < 1.29 is 25.6 Å². The van der Waals surface area contributed by atoms with Crippen molar-refractivity contribution in [3.8, 4) is 0 Å². The molecule has 7 N–H and O–H groups in total. The number of hydrogen-bond donors (Lipinski definition) is 4. The fourth-order valence-corrected chi connectivity index (χ4v) is 6.19. The molecule has 0 spiro atoms. The van der Waals surface area contributed by atoms with Gasteiger partial charge in [-0.15, -0.1) is 0 Å². The van der Waals surface area contributed by atoms with Crippen LogP contribution in [0.1, 0.15) is 0 Å². The van der Waals surface area contributed by atoms with Crippen molar-refractivity contribution in [3.05, 3.63) is 97.1 Å². The molecule has 5 nitrogen and oxygen atoms in total. The summed E-state index contributed by atoms with van der Waals surface area (Å²) in [5.74, 6) is 0. The van der Waals surface area contributed by atoms with Crippen LogP contribution in [0.15, 0.2) is 97.1 Å². The van der Waals surface area contributed by atoms with Gasteiger partial charge in [0.1, 0.15) is 0 Å². The quantitative estimate of drug-likeness (QED) is 0.156. The molecule has 0 unspecified atom stereocenters. The maximum atomic E-state index is 9.68. The first kappa shape index (κ1) is 30.4. The second-order valence-electron chi connectivity index (χ2n) is 10.9. The Morgan fingerprint density at radius 1 is 0.341 bits per heavy atom. The first-order valence-electron chi connectivity index (χ1n) is 13.8. The third-order valence-electron chi connectivity index (χ3n) is 7.70. The zero-order valence-electron chi connectivity index (χ0n) is 23.9. The van der Waals surface area contributed by atoms with E-state index in [2.05, 4.69) is 75.8 Å². The van der Waals surface area contributed by atoms with Gasteiger partial charge >= 0.3 is 14.2 Å². The lowest BCUT2D eigenvalue weighted by molar-refractivity contribution is 0.425. The number of fused-ring (bicyclic) bond motifs is 4. The summed E-state index contributed by atoms with van der Waals surface area (Å²) in [7, 11) is -3.26. The van der Waals surface area contributed by atoms with Crippen LogP contribution in [0, 0.1) is 0 Å². The van der Waals surface area contributed by atoms with Crippen LogP contribution in [-0.4, -0.2) is 47.8 Å². The molecule has 6 rings (SSSR count). The molecule has 0 radical (unpaired) electrons. The van der Waals surface area contributed by atoms with E-state index in [0.717, 1.165) is 0 Å². The topological polar surface area (TPSA) is 114 Å². The van der Waals surface area contributed by atoms with Crippen LogP contribution in [-0.2, 0) is 5.48 Å². The van der Waals surface area contributed by atoms with Crippen molar-refractivity contribution in [1.29, 1.82) is 0 Å². The average Bonchev–Trinajstić information content (AvgIpc) is 2.93. The van der Waals surface area contributed by atoms with Crippen molar-refractivity contribution >= 4 is 92.6 Å². The molecule has 41 heavy (non-hydrogen) atoms. The molecule has 6 aromatic carbocycles. The maximum absolute atomic E-state index is 9.68. The van der Waals surface area contributed by atoms with Gasteiger partial charge in [-0.1, -0.05) is 135 Å². The normalized spacial score (nSPS) is 10.7. The summed E-state index contributed by atoms with van der Waals surface area (Å²) >= 11 is 0. The van der Waals surface area contributed by atoms with E-state index in [1.165, 1.54) is 32.5 Å². The van der Waals surface area contributed by atoms with Crippen molar-refractivity contribution in [2.24, 2.45) is 0 Å². The fourth-order valence-electron chi connectivity index (χ4n) is 6.19. The predicted molar refractivity (Wildman–Crippen MR) is 182 cm³/mol. The summed E-state index contributed by atoms with van der Waals surface area (Å²) in [5, 5.41) is 46.8. The highest BCUT2D eigenvalue weighted by Gasteiger charge is 2.25. The van der Waals surface area contributed by atoms with Gasteiger partial charge in [0.25, 0.3) is 0 Å². The Morgan fingerprint density at radius 3 is 0.659 bits per heavy atom. The van der Waals surface area contributed by atoms with Crippen LogP contribution < -0.4 is 21.9 Å². The molecular formula is C32H35B4O5+. The van der Waals surface area contributed by atoms with Gasteiger partial charge in [0, 0.05) is 0 Å². The molecule has 6 aromatic rings. The molecule has 0 aliphatic heterocycles. The maximum Gasteiger partial charge on any atom is 0.489 e. The van der Waals surface area contributed by atoms with Crippen LogP contribution in [0.25, 0.3) is 43.1 Å². The zero-order chi connectivity index (χ0) is 28.6. The Morgan fingerprint density at radius 2 is 0.512 bits per heavy atom. The minimum atomic E-state index is -1.63. The van der Waals surface area contributed by atoms with Gasteiger partial charge in [-0.05, 0) is 54.0 Å². The molecule has 0 saturated heterocycles. The molecule has 0 saturated carbocycles. The second-order valence-corrected chi connectivity index (χ2v) is 10.9. The van der Waals surface area contributed by atoms with Gasteiger partial charge < -0.3 is 25.6 Å². The van der Waals surface area contributed by atoms with Gasteiger partial charge in [0.05, 0.1) is 0 Å². The van der Waals surface area contributed by atoms with Crippen molar-refractivity contribution in [1.82, 2.24) is 0 Å².